The van der Waals surface area contributed by atoms with Gasteiger partial charge in [0.05, 0.1) is 25.0 Å². The Morgan fingerprint density at radius 2 is 1.93 bits per heavy atom. The van der Waals surface area contributed by atoms with Crippen molar-refractivity contribution in [2.24, 2.45) is 5.10 Å². The number of benzene rings is 2. The zero-order valence-corrected chi connectivity index (χ0v) is 16.1. The van der Waals surface area contributed by atoms with Gasteiger partial charge in [0.1, 0.15) is 12.2 Å². The minimum atomic E-state index is -0.586. The van der Waals surface area contributed by atoms with Crippen LogP contribution in [0.15, 0.2) is 41.5 Å². The summed E-state index contributed by atoms with van der Waals surface area (Å²) in [6.45, 7) is 2.12. The maximum atomic E-state index is 11.9. The second-order valence-corrected chi connectivity index (χ2v) is 5.94. The van der Waals surface area contributed by atoms with Crippen LogP contribution >= 0.6 is 11.6 Å². The molecule has 2 aromatic carbocycles. The van der Waals surface area contributed by atoms with Crippen LogP contribution in [0.2, 0.25) is 5.02 Å². The summed E-state index contributed by atoms with van der Waals surface area (Å²) in [5.41, 5.74) is 3.31. The van der Waals surface area contributed by atoms with Crippen LogP contribution in [0.1, 0.15) is 18.9 Å². The van der Waals surface area contributed by atoms with E-state index >= 15 is 0 Å². The van der Waals surface area contributed by atoms with Crippen molar-refractivity contribution in [3.8, 4) is 17.2 Å². The van der Waals surface area contributed by atoms with Crippen LogP contribution in [0, 0.1) is 0 Å². The number of carbonyl (C=O) groups excluding carboxylic acids is 2. The number of halogens is 1. The number of carbonyl (C=O) groups is 2. The van der Waals surface area contributed by atoms with Gasteiger partial charge < -0.3 is 19.9 Å². The number of methoxy groups -OCH3 is 1. The van der Waals surface area contributed by atoms with Gasteiger partial charge in [0.2, 0.25) is 11.8 Å². The van der Waals surface area contributed by atoms with Gasteiger partial charge in [-0.3, -0.25) is 9.59 Å². The third-order valence-corrected chi connectivity index (χ3v) is 3.74. The maximum absolute atomic E-state index is 11.9. The smallest absolute Gasteiger partial charge is 0.249 e. The summed E-state index contributed by atoms with van der Waals surface area (Å²) in [4.78, 5) is 23.7. The second kappa shape index (κ2) is 10.2. The fraction of sp³-hybridized carbons (Fsp3) is 0.211. The zero-order chi connectivity index (χ0) is 20.5. The Kier molecular flexibility index (Phi) is 7.65. The van der Waals surface area contributed by atoms with Crippen molar-refractivity contribution < 1.29 is 24.2 Å². The lowest BCUT2D eigenvalue weighted by Gasteiger charge is -2.08. The lowest BCUT2D eigenvalue weighted by Crippen LogP contribution is -2.24. The van der Waals surface area contributed by atoms with Crippen LogP contribution in [0.3, 0.4) is 0 Å². The highest BCUT2D eigenvalue weighted by Gasteiger charge is 2.10. The first-order valence-corrected chi connectivity index (χ1v) is 8.71. The molecule has 2 amide bonds. The first-order valence-electron chi connectivity index (χ1n) is 8.34. The molecule has 0 atom stereocenters. The first kappa shape index (κ1) is 21.0. The summed E-state index contributed by atoms with van der Waals surface area (Å²) < 4.78 is 10.3. The molecular formula is C19H20ClN3O5. The molecule has 3 N–H and O–H groups in total. The monoisotopic (exact) mass is 405 g/mol. The highest BCUT2D eigenvalue weighted by atomic mass is 35.5. The van der Waals surface area contributed by atoms with E-state index < -0.39 is 18.2 Å². The molecule has 2 aromatic rings. The summed E-state index contributed by atoms with van der Waals surface area (Å²) in [5.74, 6) is -0.366. The zero-order valence-electron chi connectivity index (χ0n) is 15.4. The standard InChI is InChI=1S/C19H20ClN3O5/c1-3-28-16-9-12(8-15(20)19(16)26)11-21-23-18(25)10-17(24)22-13-4-6-14(27-2)7-5-13/h4-9,11,26H,3,10H2,1-2H3,(H,22,24)(H,23,25). The van der Waals surface area contributed by atoms with Crippen LogP contribution in [-0.2, 0) is 9.59 Å². The summed E-state index contributed by atoms with van der Waals surface area (Å²) in [7, 11) is 1.54. The third kappa shape index (κ3) is 6.17. The van der Waals surface area contributed by atoms with Crippen LogP contribution in [0.5, 0.6) is 17.2 Å². The van der Waals surface area contributed by atoms with E-state index in [0.29, 0.717) is 23.6 Å². The van der Waals surface area contributed by atoms with Crippen molar-refractivity contribution in [3.63, 3.8) is 0 Å². The molecule has 28 heavy (non-hydrogen) atoms. The largest absolute Gasteiger partial charge is 0.503 e. The fourth-order valence-corrected chi connectivity index (χ4v) is 2.40. The molecule has 0 bridgehead atoms. The topological polar surface area (TPSA) is 109 Å². The quantitative estimate of drug-likeness (QED) is 0.355. The summed E-state index contributed by atoms with van der Waals surface area (Å²) >= 11 is 5.92. The number of phenols is 1. The highest BCUT2D eigenvalue weighted by Crippen LogP contribution is 2.34. The molecule has 0 aliphatic heterocycles. The molecule has 0 aliphatic rings. The van der Waals surface area contributed by atoms with Crippen molar-refractivity contribution in [1.29, 1.82) is 0 Å². The van der Waals surface area contributed by atoms with Gasteiger partial charge in [0, 0.05) is 5.69 Å². The normalized spacial score (nSPS) is 10.5. The van der Waals surface area contributed by atoms with E-state index in [9.17, 15) is 14.7 Å². The van der Waals surface area contributed by atoms with Gasteiger partial charge in [-0.25, -0.2) is 5.43 Å². The number of amides is 2. The molecule has 148 valence electrons. The van der Waals surface area contributed by atoms with Gasteiger partial charge in [-0.2, -0.15) is 5.10 Å². The molecule has 0 unspecified atom stereocenters. The summed E-state index contributed by atoms with van der Waals surface area (Å²) in [6, 6.07) is 9.70. The molecule has 2 rings (SSSR count). The molecule has 9 heteroatoms. The number of nitrogens with one attached hydrogen (secondary N) is 2. The molecular weight excluding hydrogens is 386 g/mol. The lowest BCUT2D eigenvalue weighted by atomic mass is 10.2. The van der Waals surface area contributed by atoms with Crippen LogP contribution < -0.4 is 20.2 Å². The molecule has 0 spiro atoms. The van der Waals surface area contributed by atoms with Crippen LogP contribution in [0.25, 0.3) is 0 Å². The average molecular weight is 406 g/mol. The Hall–Kier alpha value is -3.26. The number of ether oxygens (including phenoxy) is 2. The van der Waals surface area contributed by atoms with Gasteiger partial charge in [0.15, 0.2) is 11.5 Å². The number of hydrogen-bond acceptors (Lipinski definition) is 6. The fourth-order valence-electron chi connectivity index (χ4n) is 2.18. The molecule has 0 heterocycles. The van der Waals surface area contributed by atoms with Gasteiger partial charge in [-0.15, -0.1) is 0 Å². The van der Waals surface area contributed by atoms with Gasteiger partial charge in [0.25, 0.3) is 0 Å². The van der Waals surface area contributed by atoms with E-state index in [1.165, 1.54) is 18.3 Å². The van der Waals surface area contributed by atoms with Crippen molar-refractivity contribution in [1.82, 2.24) is 5.43 Å². The molecule has 0 radical (unpaired) electrons. The first-order chi connectivity index (χ1) is 13.4. The minimum absolute atomic E-state index is 0.0950. The number of nitrogens with zero attached hydrogens (tertiary/aromatic N) is 1. The Bertz CT molecular complexity index is 869. The number of hydrazone groups is 1. The van der Waals surface area contributed by atoms with Crippen molar-refractivity contribution in [3.05, 3.63) is 47.0 Å². The molecule has 8 nitrogen and oxygen atoms in total. The predicted octanol–water partition coefficient (Wildman–Crippen LogP) is 2.93. The summed E-state index contributed by atoms with van der Waals surface area (Å²) in [6.07, 6.45) is 0.928. The van der Waals surface area contributed by atoms with Gasteiger partial charge in [-0.1, -0.05) is 11.6 Å². The predicted molar refractivity (Wildman–Crippen MR) is 106 cm³/mol. The van der Waals surface area contributed by atoms with Crippen molar-refractivity contribution in [2.45, 2.75) is 13.3 Å². The number of phenolic OH excluding ortho intramolecular Hbond substituents is 1. The van der Waals surface area contributed by atoms with E-state index in [-0.39, 0.29) is 16.5 Å². The maximum Gasteiger partial charge on any atom is 0.249 e. The second-order valence-electron chi connectivity index (χ2n) is 5.53. The Morgan fingerprint density at radius 1 is 1.21 bits per heavy atom. The Morgan fingerprint density at radius 3 is 2.57 bits per heavy atom. The summed E-state index contributed by atoms with van der Waals surface area (Å²) in [5, 5.41) is 16.3. The van der Waals surface area contributed by atoms with E-state index in [4.69, 9.17) is 21.1 Å². The van der Waals surface area contributed by atoms with Crippen LogP contribution in [0.4, 0.5) is 5.69 Å². The molecule has 0 aliphatic carbocycles. The number of anilines is 1. The SMILES string of the molecule is CCOc1cc(C=NNC(=O)CC(=O)Nc2ccc(OC)cc2)cc(Cl)c1O. The van der Waals surface area contributed by atoms with Gasteiger partial charge in [-0.05, 0) is 48.9 Å². The third-order valence-electron chi connectivity index (χ3n) is 3.45. The number of rotatable bonds is 8. The lowest BCUT2D eigenvalue weighted by molar-refractivity contribution is -0.126. The van der Waals surface area contributed by atoms with E-state index in [1.807, 2.05) is 0 Å². The van der Waals surface area contributed by atoms with E-state index in [2.05, 4.69) is 15.8 Å². The molecule has 0 fully saturated rings. The van der Waals surface area contributed by atoms with E-state index in [0.717, 1.165) is 0 Å². The molecule has 0 saturated carbocycles. The van der Waals surface area contributed by atoms with E-state index in [1.54, 1.807) is 38.3 Å². The van der Waals surface area contributed by atoms with Crippen LogP contribution in [-0.4, -0.2) is 36.9 Å². The highest BCUT2D eigenvalue weighted by molar-refractivity contribution is 6.32. The van der Waals surface area contributed by atoms with Gasteiger partial charge >= 0.3 is 0 Å². The average Bonchev–Trinajstić information content (AvgIpc) is 2.66. The number of aromatic hydroxyl groups is 1. The molecule has 0 saturated heterocycles. The Labute approximate surface area is 167 Å². The number of hydrogen-bond donors (Lipinski definition) is 3. The Balaban J connectivity index is 1.88. The molecule has 0 aromatic heterocycles. The minimum Gasteiger partial charge on any atom is -0.503 e. The van der Waals surface area contributed by atoms with Crippen molar-refractivity contribution in [2.75, 3.05) is 19.0 Å². The van der Waals surface area contributed by atoms with Crippen molar-refractivity contribution >= 4 is 35.3 Å².